The zero-order valence-electron chi connectivity index (χ0n) is 36.1. The Kier molecular flexibility index (Phi) is 38.9. The lowest BCUT2D eigenvalue weighted by Gasteiger charge is -2.18. The predicted octanol–water partition coefficient (Wildman–Crippen LogP) is 14.6. The van der Waals surface area contributed by atoms with Crippen LogP contribution in [0.4, 0.5) is 0 Å². The first-order valence-electron chi connectivity index (χ1n) is 23.3. The summed E-state index contributed by atoms with van der Waals surface area (Å²) < 4.78 is 16.7. The molecule has 0 heterocycles. The van der Waals surface area contributed by atoms with E-state index in [0.29, 0.717) is 19.3 Å². The van der Waals surface area contributed by atoms with Gasteiger partial charge in [-0.05, 0) is 31.1 Å². The molecule has 53 heavy (non-hydrogen) atoms. The molecular formula is C47H90O6. The number of unbranched alkanes of at least 4 members (excludes halogenated alkanes) is 24. The summed E-state index contributed by atoms with van der Waals surface area (Å²) in [5, 5.41) is 0. The van der Waals surface area contributed by atoms with Gasteiger partial charge in [-0.2, -0.15) is 0 Å². The van der Waals surface area contributed by atoms with E-state index < -0.39 is 6.10 Å². The Bertz CT molecular complexity index is 813. The molecule has 0 amide bonds. The minimum Gasteiger partial charge on any atom is -0.462 e. The van der Waals surface area contributed by atoms with Gasteiger partial charge in [0.05, 0.1) is 0 Å². The third-order valence-electron chi connectivity index (χ3n) is 11.2. The van der Waals surface area contributed by atoms with Crippen LogP contribution in [-0.2, 0) is 28.6 Å². The summed E-state index contributed by atoms with van der Waals surface area (Å²) in [5.41, 5.74) is 0. The largest absolute Gasteiger partial charge is 0.462 e. The van der Waals surface area contributed by atoms with E-state index in [1.54, 1.807) is 0 Å². The topological polar surface area (TPSA) is 78.9 Å². The number of carbonyl (C=O) groups excluding carboxylic acids is 3. The monoisotopic (exact) mass is 751 g/mol. The molecule has 0 aromatic carbocycles. The molecule has 0 saturated heterocycles. The van der Waals surface area contributed by atoms with Gasteiger partial charge in [0.15, 0.2) is 6.10 Å². The third-order valence-corrected chi connectivity index (χ3v) is 11.2. The molecule has 0 bridgehead atoms. The zero-order chi connectivity index (χ0) is 39.0. The Morgan fingerprint density at radius 1 is 0.377 bits per heavy atom. The molecule has 0 aliphatic rings. The van der Waals surface area contributed by atoms with Crippen LogP contribution in [0.1, 0.15) is 253 Å². The molecule has 0 aliphatic carbocycles. The molecule has 0 rings (SSSR count). The molecule has 0 N–H and O–H groups in total. The summed E-state index contributed by atoms with van der Waals surface area (Å²) in [6, 6.07) is 0. The Morgan fingerprint density at radius 2 is 0.660 bits per heavy atom. The van der Waals surface area contributed by atoms with Crippen LogP contribution in [0.3, 0.4) is 0 Å². The van der Waals surface area contributed by atoms with Crippen molar-refractivity contribution in [2.75, 3.05) is 13.2 Å². The molecule has 0 radical (unpaired) electrons. The summed E-state index contributed by atoms with van der Waals surface area (Å²) in [6.07, 6.45) is 38.1. The maximum absolute atomic E-state index is 12.7. The number of ether oxygens (including phenoxy) is 3. The fourth-order valence-electron chi connectivity index (χ4n) is 6.86. The number of hydrogen-bond acceptors (Lipinski definition) is 6. The van der Waals surface area contributed by atoms with Gasteiger partial charge in [0, 0.05) is 19.3 Å². The highest BCUT2D eigenvalue weighted by atomic mass is 16.6. The van der Waals surface area contributed by atoms with Crippen molar-refractivity contribution < 1.29 is 28.6 Å². The molecular weight excluding hydrogens is 661 g/mol. The lowest BCUT2D eigenvalue weighted by Crippen LogP contribution is -2.30. The fraction of sp³-hybridized carbons (Fsp3) is 0.936. The van der Waals surface area contributed by atoms with Gasteiger partial charge < -0.3 is 14.2 Å². The number of rotatable bonds is 41. The first-order chi connectivity index (χ1) is 25.8. The highest BCUT2D eigenvalue weighted by Gasteiger charge is 2.19. The Balaban J connectivity index is 4.23. The van der Waals surface area contributed by atoms with Gasteiger partial charge in [-0.3, -0.25) is 14.4 Å². The average molecular weight is 751 g/mol. The van der Waals surface area contributed by atoms with Gasteiger partial charge in [0.25, 0.3) is 0 Å². The van der Waals surface area contributed by atoms with Gasteiger partial charge in [0.1, 0.15) is 13.2 Å². The second-order valence-electron chi connectivity index (χ2n) is 16.5. The van der Waals surface area contributed by atoms with Crippen molar-refractivity contribution in [3.63, 3.8) is 0 Å². The summed E-state index contributed by atoms with van der Waals surface area (Å²) in [4.78, 5) is 37.6. The van der Waals surface area contributed by atoms with E-state index >= 15 is 0 Å². The van der Waals surface area contributed by atoms with Crippen molar-refractivity contribution in [3.8, 4) is 0 Å². The molecule has 0 aliphatic heterocycles. The summed E-state index contributed by atoms with van der Waals surface area (Å²) in [7, 11) is 0. The first kappa shape index (κ1) is 51.4. The zero-order valence-corrected chi connectivity index (χ0v) is 36.1. The van der Waals surface area contributed by atoms with Crippen LogP contribution in [0.2, 0.25) is 0 Å². The van der Waals surface area contributed by atoms with Crippen molar-refractivity contribution in [1.29, 1.82) is 0 Å². The van der Waals surface area contributed by atoms with Crippen molar-refractivity contribution in [3.05, 3.63) is 0 Å². The number of esters is 3. The molecule has 0 fully saturated rings. The second-order valence-corrected chi connectivity index (χ2v) is 16.5. The quantitative estimate of drug-likeness (QED) is 0.0352. The molecule has 0 spiro atoms. The van der Waals surface area contributed by atoms with Crippen LogP contribution in [0.5, 0.6) is 0 Å². The van der Waals surface area contributed by atoms with Crippen LogP contribution < -0.4 is 0 Å². The first-order valence-corrected chi connectivity index (χ1v) is 23.3. The Morgan fingerprint density at radius 3 is 0.981 bits per heavy atom. The average Bonchev–Trinajstić information content (AvgIpc) is 3.15. The highest BCUT2D eigenvalue weighted by Crippen LogP contribution is 2.18. The standard InChI is InChI=1S/C47H90O6/c1-6-9-10-11-20-27-32-37-45(48)51-40-44(41-52-46(49)38-33-28-24-23-26-31-36-43(5)8-3)53-47(50)39-34-29-22-19-17-15-13-12-14-16-18-21-25-30-35-42(4)7-2/h42-44H,6-41H2,1-5H3/t42?,43?,44-/m0/s1. The molecule has 0 aromatic heterocycles. The molecule has 6 nitrogen and oxygen atoms in total. The Hall–Kier alpha value is -1.59. The van der Waals surface area contributed by atoms with Gasteiger partial charge >= 0.3 is 17.9 Å². The maximum Gasteiger partial charge on any atom is 0.306 e. The van der Waals surface area contributed by atoms with Gasteiger partial charge in [-0.1, -0.05) is 214 Å². The van der Waals surface area contributed by atoms with Crippen molar-refractivity contribution >= 4 is 17.9 Å². The highest BCUT2D eigenvalue weighted by molar-refractivity contribution is 5.71. The molecule has 0 saturated carbocycles. The molecule has 0 aromatic rings. The van der Waals surface area contributed by atoms with Crippen LogP contribution >= 0.6 is 0 Å². The molecule has 314 valence electrons. The molecule has 2 unspecified atom stereocenters. The van der Waals surface area contributed by atoms with Gasteiger partial charge in [-0.15, -0.1) is 0 Å². The van der Waals surface area contributed by atoms with Gasteiger partial charge in [0.2, 0.25) is 0 Å². The lowest BCUT2D eigenvalue weighted by atomic mass is 9.99. The van der Waals surface area contributed by atoms with Crippen LogP contribution in [0.15, 0.2) is 0 Å². The normalized spacial score (nSPS) is 13.1. The third kappa shape index (κ3) is 38.5. The van der Waals surface area contributed by atoms with E-state index in [1.165, 1.54) is 141 Å². The van der Waals surface area contributed by atoms with E-state index in [9.17, 15) is 14.4 Å². The van der Waals surface area contributed by atoms with Crippen molar-refractivity contribution in [2.45, 2.75) is 259 Å². The van der Waals surface area contributed by atoms with Crippen LogP contribution in [-0.4, -0.2) is 37.2 Å². The summed E-state index contributed by atoms with van der Waals surface area (Å²) in [6.45, 7) is 11.3. The van der Waals surface area contributed by atoms with Crippen LogP contribution in [0, 0.1) is 11.8 Å². The SMILES string of the molecule is CCCCCCCCCC(=O)OC[C@@H](COC(=O)CCCCCCCCC(C)CC)OC(=O)CCCCCCCCCCCCCCCCC(C)CC. The number of carbonyl (C=O) groups is 3. The second kappa shape index (κ2) is 40.1. The van der Waals surface area contributed by atoms with Crippen molar-refractivity contribution in [2.24, 2.45) is 11.8 Å². The van der Waals surface area contributed by atoms with Crippen LogP contribution in [0.25, 0.3) is 0 Å². The lowest BCUT2D eigenvalue weighted by molar-refractivity contribution is -0.167. The predicted molar refractivity (Wildman–Crippen MR) is 224 cm³/mol. The van der Waals surface area contributed by atoms with E-state index in [0.717, 1.165) is 69.6 Å². The van der Waals surface area contributed by atoms with E-state index in [1.807, 2.05) is 0 Å². The minimum atomic E-state index is -0.760. The maximum atomic E-state index is 12.7. The summed E-state index contributed by atoms with van der Waals surface area (Å²) >= 11 is 0. The fourth-order valence-corrected chi connectivity index (χ4v) is 6.86. The van der Waals surface area contributed by atoms with Crippen molar-refractivity contribution in [1.82, 2.24) is 0 Å². The smallest absolute Gasteiger partial charge is 0.306 e. The molecule has 3 atom stereocenters. The van der Waals surface area contributed by atoms with E-state index in [4.69, 9.17) is 14.2 Å². The summed E-state index contributed by atoms with van der Waals surface area (Å²) in [5.74, 6) is 0.844. The van der Waals surface area contributed by atoms with E-state index in [2.05, 4.69) is 34.6 Å². The minimum absolute atomic E-state index is 0.0661. The van der Waals surface area contributed by atoms with Gasteiger partial charge in [-0.25, -0.2) is 0 Å². The number of hydrogen-bond donors (Lipinski definition) is 0. The Labute approximate surface area is 329 Å². The van der Waals surface area contributed by atoms with E-state index in [-0.39, 0.29) is 31.1 Å². The molecule has 6 heteroatoms.